The van der Waals surface area contributed by atoms with Crippen molar-refractivity contribution in [2.75, 3.05) is 21.3 Å². The van der Waals surface area contributed by atoms with E-state index in [-0.39, 0.29) is 9.46 Å². The molecule has 0 amide bonds. The fraction of sp³-hybridized carbons (Fsp3) is 1.00. The molecule has 2 atom stereocenters. The minimum atomic E-state index is -2.47. The van der Waals surface area contributed by atoms with E-state index in [4.69, 9.17) is 13.3 Å². The normalized spacial score (nSPS) is 17.1. The zero-order valence-electron chi connectivity index (χ0n) is 8.73. The first-order chi connectivity index (χ1) is 6.02. The maximum Gasteiger partial charge on any atom is 0.513 e. The van der Waals surface area contributed by atoms with E-state index in [2.05, 4.69) is 12.6 Å². The molecule has 6 heteroatoms. The number of thiol groups is 1. The summed E-state index contributed by atoms with van der Waals surface area (Å²) in [6.07, 6.45) is 0. The molecule has 0 heterocycles. The molecule has 0 radical (unpaired) electrons. The van der Waals surface area contributed by atoms with E-state index in [0.29, 0.717) is 0 Å². The average Bonchev–Trinajstić information content (AvgIpc) is 2.07. The molecule has 2 unspecified atom stereocenters. The molecule has 0 aliphatic heterocycles. The van der Waals surface area contributed by atoms with Gasteiger partial charge in [0.05, 0.1) is 4.87 Å². The summed E-state index contributed by atoms with van der Waals surface area (Å²) in [4.78, 5) is 0.194. The smallest absolute Gasteiger partial charge is 0.376 e. The summed E-state index contributed by atoms with van der Waals surface area (Å²) in [5, 5.41) is 0. The van der Waals surface area contributed by atoms with E-state index in [1.807, 2.05) is 13.8 Å². The fourth-order valence-corrected chi connectivity index (χ4v) is 6.25. The molecule has 80 valence electrons. The van der Waals surface area contributed by atoms with Gasteiger partial charge in [-0.15, -0.1) is 11.8 Å². The summed E-state index contributed by atoms with van der Waals surface area (Å²) in [5.74, 6) is 0. The lowest BCUT2D eigenvalue weighted by Crippen LogP contribution is -2.52. The van der Waals surface area contributed by atoms with Crippen molar-refractivity contribution in [1.82, 2.24) is 0 Å². The molecular weight excluding hydrogens is 224 g/mol. The zero-order valence-corrected chi connectivity index (χ0v) is 11.4. The monoisotopic (exact) mass is 242 g/mol. The van der Waals surface area contributed by atoms with Crippen LogP contribution in [0.5, 0.6) is 0 Å². The Morgan fingerprint density at radius 1 is 1.08 bits per heavy atom. The Hall–Kier alpha value is 0.797. The number of thioether (sulfide) groups is 1. The Morgan fingerprint density at radius 3 is 1.69 bits per heavy atom. The second kappa shape index (κ2) is 6.31. The van der Waals surface area contributed by atoms with Crippen LogP contribution in [0.3, 0.4) is 0 Å². The molecular formula is C7H18O3S2Si. The highest BCUT2D eigenvalue weighted by Gasteiger charge is 2.45. The van der Waals surface area contributed by atoms with Gasteiger partial charge in [0, 0.05) is 25.9 Å². The highest BCUT2D eigenvalue weighted by molar-refractivity contribution is 8.11. The molecule has 0 N–H and O–H groups in total. The van der Waals surface area contributed by atoms with Gasteiger partial charge in [-0.3, -0.25) is 0 Å². The van der Waals surface area contributed by atoms with Crippen LogP contribution in [0.4, 0.5) is 0 Å². The van der Waals surface area contributed by atoms with E-state index in [1.165, 1.54) is 0 Å². The number of hydrogen-bond acceptors (Lipinski definition) is 5. The summed E-state index contributed by atoms with van der Waals surface area (Å²) in [7, 11) is 2.40. The highest BCUT2D eigenvalue weighted by atomic mass is 32.2. The van der Waals surface area contributed by atoms with Crippen molar-refractivity contribution >= 4 is 33.2 Å². The van der Waals surface area contributed by atoms with E-state index < -0.39 is 8.80 Å². The molecule has 0 aliphatic rings. The van der Waals surface area contributed by atoms with Crippen LogP contribution >= 0.6 is 24.4 Å². The van der Waals surface area contributed by atoms with Crippen LogP contribution in [0.1, 0.15) is 13.8 Å². The summed E-state index contributed by atoms with van der Waals surface area (Å²) in [6, 6.07) is 0. The first-order valence-electron chi connectivity index (χ1n) is 4.01. The Labute approximate surface area is 91.3 Å². The van der Waals surface area contributed by atoms with Crippen molar-refractivity contribution in [2.45, 2.75) is 23.3 Å². The van der Waals surface area contributed by atoms with Crippen LogP contribution in [0, 0.1) is 0 Å². The third-order valence-electron chi connectivity index (χ3n) is 1.75. The van der Waals surface area contributed by atoms with Crippen molar-refractivity contribution in [1.29, 1.82) is 0 Å². The summed E-state index contributed by atoms with van der Waals surface area (Å²) >= 11 is 5.99. The maximum atomic E-state index is 5.34. The van der Waals surface area contributed by atoms with Crippen LogP contribution in [-0.2, 0) is 13.3 Å². The predicted octanol–water partition coefficient (Wildman–Crippen LogP) is 1.80. The van der Waals surface area contributed by atoms with Crippen LogP contribution in [-0.4, -0.2) is 39.6 Å². The lowest BCUT2D eigenvalue weighted by atomic mass is 10.9. The molecule has 0 saturated carbocycles. The van der Waals surface area contributed by atoms with Gasteiger partial charge < -0.3 is 13.3 Å². The molecule has 0 aromatic carbocycles. The van der Waals surface area contributed by atoms with Gasteiger partial charge in [-0.2, -0.15) is 12.6 Å². The Kier molecular flexibility index (Phi) is 6.70. The third kappa shape index (κ3) is 3.81. The topological polar surface area (TPSA) is 27.7 Å². The largest absolute Gasteiger partial charge is 0.513 e. The Morgan fingerprint density at radius 2 is 1.46 bits per heavy atom. The van der Waals surface area contributed by atoms with Gasteiger partial charge in [-0.1, -0.05) is 0 Å². The van der Waals surface area contributed by atoms with Crippen molar-refractivity contribution in [3.8, 4) is 0 Å². The molecule has 13 heavy (non-hydrogen) atoms. The molecule has 0 saturated heterocycles. The molecule has 0 aromatic heterocycles. The summed E-state index contributed by atoms with van der Waals surface area (Å²) in [6.45, 7) is 4.06. The number of rotatable bonds is 6. The molecule has 0 rings (SSSR count). The van der Waals surface area contributed by atoms with Gasteiger partial charge in [-0.05, 0) is 13.8 Å². The second-order valence-electron chi connectivity index (χ2n) is 2.59. The van der Waals surface area contributed by atoms with E-state index in [0.717, 1.165) is 0 Å². The van der Waals surface area contributed by atoms with Gasteiger partial charge >= 0.3 is 8.80 Å². The minimum Gasteiger partial charge on any atom is -0.376 e. The summed E-state index contributed by atoms with van der Waals surface area (Å²) in [5.41, 5.74) is 0. The molecule has 0 spiro atoms. The predicted molar refractivity (Wildman–Crippen MR) is 62.3 cm³/mol. The Bertz CT molecular complexity index is 133. The van der Waals surface area contributed by atoms with Crippen LogP contribution < -0.4 is 0 Å². The molecule has 3 nitrogen and oxygen atoms in total. The van der Waals surface area contributed by atoms with Gasteiger partial charge in [-0.25, -0.2) is 0 Å². The average molecular weight is 242 g/mol. The first kappa shape index (κ1) is 13.8. The van der Waals surface area contributed by atoms with Crippen molar-refractivity contribution < 1.29 is 13.3 Å². The molecule has 0 aliphatic carbocycles. The van der Waals surface area contributed by atoms with Crippen LogP contribution in [0.15, 0.2) is 0 Å². The van der Waals surface area contributed by atoms with E-state index >= 15 is 0 Å². The third-order valence-corrected chi connectivity index (χ3v) is 6.90. The summed E-state index contributed by atoms with van der Waals surface area (Å²) < 4.78 is 16.3. The standard InChI is InChI=1S/C7H18O3S2Si/c1-6(11)12-7(2)13(8-3,9-4)10-5/h6-7,11H,1-5H3. The van der Waals surface area contributed by atoms with Gasteiger partial charge in [0.15, 0.2) is 0 Å². The van der Waals surface area contributed by atoms with E-state index in [9.17, 15) is 0 Å². The van der Waals surface area contributed by atoms with Gasteiger partial charge in [0.1, 0.15) is 0 Å². The van der Waals surface area contributed by atoms with Crippen molar-refractivity contribution in [3.63, 3.8) is 0 Å². The van der Waals surface area contributed by atoms with E-state index in [1.54, 1.807) is 33.1 Å². The molecule has 0 bridgehead atoms. The minimum absolute atomic E-state index is 0.194. The van der Waals surface area contributed by atoms with Crippen molar-refractivity contribution in [3.05, 3.63) is 0 Å². The quantitative estimate of drug-likeness (QED) is 0.437. The maximum absolute atomic E-state index is 5.34. The second-order valence-corrected chi connectivity index (χ2v) is 9.12. The molecule has 0 fully saturated rings. The van der Waals surface area contributed by atoms with Crippen LogP contribution in [0.25, 0.3) is 0 Å². The molecule has 0 aromatic rings. The lowest BCUT2D eigenvalue weighted by Gasteiger charge is -2.30. The SMILES string of the molecule is CO[Si](OC)(OC)C(C)SC(C)S. The zero-order chi connectivity index (χ0) is 10.5. The fourth-order valence-electron chi connectivity index (χ4n) is 1.13. The highest BCUT2D eigenvalue weighted by Crippen LogP contribution is 2.28. The van der Waals surface area contributed by atoms with Crippen molar-refractivity contribution in [2.24, 2.45) is 0 Å². The number of hydrogen-bond donors (Lipinski definition) is 1. The lowest BCUT2D eigenvalue weighted by molar-refractivity contribution is 0.123. The van der Waals surface area contributed by atoms with Crippen LogP contribution in [0.2, 0.25) is 0 Å². The Balaban J connectivity index is 4.34. The first-order valence-corrected chi connectivity index (χ1v) is 7.27. The van der Waals surface area contributed by atoms with Gasteiger partial charge in [0.2, 0.25) is 0 Å². The van der Waals surface area contributed by atoms with Gasteiger partial charge in [0.25, 0.3) is 0 Å².